The quantitative estimate of drug-likeness (QED) is 0.579. The third-order valence-corrected chi connectivity index (χ3v) is 4.33. The monoisotopic (exact) mass is 375 g/mol. The summed E-state index contributed by atoms with van der Waals surface area (Å²) in [5, 5.41) is 6.81. The van der Waals surface area contributed by atoms with Gasteiger partial charge in [-0.3, -0.25) is 4.98 Å². The van der Waals surface area contributed by atoms with Crippen LogP contribution >= 0.6 is 0 Å². The smallest absolute Gasteiger partial charge is 0.225 e. The van der Waals surface area contributed by atoms with E-state index in [0.29, 0.717) is 11.9 Å². The third-order valence-electron chi connectivity index (χ3n) is 4.33. The molecule has 5 heteroatoms. The van der Waals surface area contributed by atoms with E-state index in [1.54, 1.807) is 6.20 Å². The Hall–Kier alpha value is -2.95. The maximum Gasteiger partial charge on any atom is 0.225 e. The van der Waals surface area contributed by atoms with Crippen LogP contribution in [0.2, 0.25) is 0 Å². The van der Waals surface area contributed by atoms with E-state index in [0.717, 1.165) is 22.8 Å². The third kappa shape index (κ3) is 5.06. The van der Waals surface area contributed by atoms with Crippen LogP contribution in [0, 0.1) is 6.92 Å². The largest absolute Gasteiger partial charge is 0.350 e. The average Bonchev–Trinajstić information content (AvgIpc) is 2.60. The lowest BCUT2D eigenvalue weighted by atomic mass is 9.98. The Morgan fingerprint density at radius 2 is 1.79 bits per heavy atom. The Balaban J connectivity index is 1.97. The SMILES string of the molecule is Cc1cc(Nc2cc(-c3cccnc3)nc(NC(C)(C)C)n2)ccc1C(C)C. The van der Waals surface area contributed by atoms with Gasteiger partial charge in [-0.15, -0.1) is 0 Å². The van der Waals surface area contributed by atoms with Gasteiger partial charge in [0.25, 0.3) is 0 Å². The van der Waals surface area contributed by atoms with Crippen LogP contribution in [0.4, 0.5) is 17.5 Å². The van der Waals surface area contributed by atoms with E-state index >= 15 is 0 Å². The second kappa shape index (κ2) is 7.97. The summed E-state index contributed by atoms with van der Waals surface area (Å²) >= 11 is 0. The molecular formula is C23H29N5. The standard InChI is InChI=1S/C23H29N5/c1-15(2)19-10-9-18(12-16(19)3)25-21-13-20(17-8-7-11-24-14-17)26-22(27-21)28-23(4,5)6/h7-15H,1-6H3,(H2,25,26,27,28). The van der Waals surface area contributed by atoms with Gasteiger partial charge in [0.15, 0.2) is 0 Å². The molecule has 0 saturated carbocycles. The van der Waals surface area contributed by atoms with Crippen molar-refractivity contribution < 1.29 is 0 Å². The molecule has 0 spiro atoms. The van der Waals surface area contributed by atoms with E-state index in [1.165, 1.54) is 11.1 Å². The number of rotatable bonds is 5. The maximum atomic E-state index is 4.68. The van der Waals surface area contributed by atoms with Crippen molar-refractivity contribution in [1.29, 1.82) is 0 Å². The Morgan fingerprint density at radius 1 is 1.00 bits per heavy atom. The summed E-state index contributed by atoms with van der Waals surface area (Å²) in [6.45, 7) is 12.8. The van der Waals surface area contributed by atoms with Gasteiger partial charge in [0.2, 0.25) is 5.95 Å². The van der Waals surface area contributed by atoms with Gasteiger partial charge in [0.1, 0.15) is 5.82 Å². The molecule has 1 aromatic carbocycles. The molecule has 0 atom stereocenters. The number of nitrogens with zero attached hydrogens (tertiary/aromatic N) is 3. The first-order chi connectivity index (χ1) is 13.2. The van der Waals surface area contributed by atoms with Crippen LogP contribution in [0.25, 0.3) is 11.3 Å². The molecule has 0 unspecified atom stereocenters. The highest BCUT2D eigenvalue weighted by Gasteiger charge is 2.14. The topological polar surface area (TPSA) is 62.7 Å². The summed E-state index contributed by atoms with van der Waals surface area (Å²) in [5.74, 6) is 1.84. The zero-order chi connectivity index (χ0) is 20.3. The predicted octanol–water partition coefficient (Wildman–Crippen LogP) is 5.92. The number of hydrogen-bond acceptors (Lipinski definition) is 5. The number of pyridine rings is 1. The molecule has 28 heavy (non-hydrogen) atoms. The fourth-order valence-electron chi connectivity index (χ4n) is 3.11. The highest BCUT2D eigenvalue weighted by molar-refractivity contribution is 5.67. The molecule has 2 N–H and O–H groups in total. The minimum absolute atomic E-state index is 0.139. The molecule has 3 aromatic rings. The molecule has 0 radical (unpaired) electrons. The van der Waals surface area contributed by atoms with Crippen LogP contribution in [0.1, 0.15) is 51.7 Å². The fourth-order valence-corrected chi connectivity index (χ4v) is 3.11. The average molecular weight is 376 g/mol. The number of aromatic nitrogens is 3. The fraction of sp³-hybridized carbons (Fsp3) is 0.348. The van der Waals surface area contributed by atoms with Crippen LogP contribution < -0.4 is 10.6 Å². The van der Waals surface area contributed by atoms with Gasteiger partial charge in [-0.25, -0.2) is 4.98 Å². The second-order valence-corrected chi connectivity index (χ2v) is 8.43. The van der Waals surface area contributed by atoms with E-state index in [2.05, 4.69) is 85.3 Å². The molecule has 2 aromatic heterocycles. The summed E-state index contributed by atoms with van der Waals surface area (Å²) in [7, 11) is 0. The number of hydrogen-bond donors (Lipinski definition) is 2. The van der Waals surface area contributed by atoms with Gasteiger partial charge in [0, 0.05) is 35.2 Å². The Labute approximate surface area is 167 Å². The molecule has 5 nitrogen and oxygen atoms in total. The van der Waals surface area contributed by atoms with Crippen molar-refractivity contribution in [3.05, 3.63) is 59.9 Å². The van der Waals surface area contributed by atoms with Crippen LogP contribution in [-0.4, -0.2) is 20.5 Å². The van der Waals surface area contributed by atoms with E-state index in [4.69, 9.17) is 0 Å². The zero-order valence-corrected chi connectivity index (χ0v) is 17.5. The van der Waals surface area contributed by atoms with Gasteiger partial charge in [-0.05, 0) is 69.0 Å². The van der Waals surface area contributed by atoms with E-state index in [-0.39, 0.29) is 5.54 Å². The van der Waals surface area contributed by atoms with Crippen molar-refractivity contribution >= 4 is 17.5 Å². The van der Waals surface area contributed by atoms with E-state index in [9.17, 15) is 0 Å². The molecule has 0 aliphatic rings. The molecule has 146 valence electrons. The Bertz CT molecular complexity index is 943. The molecule has 0 saturated heterocycles. The van der Waals surface area contributed by atoms with Crippen molar-refractivity contribution in [3.63, 3.8) is 0 Å². The molecule has 0 amide bonds. The molecule has 0 aliphatic carbocycles. The highest BCUT2D eigenvalue weighted by atomic mass is 15.2. The second-order valence-electron chi connectivity index (χ2n) is 8.43. The minimum Gasteiger partial charge on any atom is -0.350 e. The lowest BCUT2D eigenvalue weighted by Gasteiger charge is -2.21. The Morgan fingerprint density at radius 3 is 2.39 bits per heavy atom. The Kier molecular flexibility index (Phi) is 5.63. The zero-order valence-electron chi connectivity index (χ0n) is 17.5. The summed E-state index contributed by atoms with van der Waals surface area (Å²) in [6.07, 6.45) is 3.58. The van der Waals surface area contributed by atoms with Crippen molar-refractivity contribution in [1.82, 2.24) is 15.0 Å². The molecule has 2 heterocycles. The molecule has 0 bridgehead atoms. The first kappa shape index (κ1) is 19.8. The summed E-state index contributed by atoms with van der Waals surface area (Å²) < 4.78 is 0. The highest BCUT2D eigenvalue weighted by Crippen LogP contribution is 2.27. The van der Waals surface area contributed by atoms with Crippen molar-refractivity contribution in [2.24, 2.45) is 0 Å². The van der Waals surface area contributed by atoms with Crippen LogP contribution in [-0.2, 0) is 0 Å². The van der Waals surface area contributed by atoms with Gasteiger partial charge in [-0.1, -0.05) is 19.9 Å². The number of aryl methyl sites for hydroxylation is 1. The van der Waals surface area contributed by atoms with Crippen molar-refractivity contribution in [2.45, 2.75) is 53.0 Å². The molecule has 0 fully saturated rings. The first-order valence-corrected chi connectivity index (χ1v) is 9.66. The lowest BCUT2D eigenvalue weighted by Crippen LogP contribution is -2.27. The molecule has 0 aliphatic heterocycles. The van der Waals surface area contributed by atoms with Crippen LogP contribution in [0.5, 0.6) is 0 Å². The number of benzene rings is 1. The first-order valence-electron chi connectivity index (χ1n) is 9.66. The van der Waals surface area contributed by atoms with Crippen molar-refractivity contribution in [2.75, 3.05) is 10.6 Å². The molecule has 3 rings (SSSR count). The van der Waals surface area contributed by atoms with Crippen LogP contribution in [0.3, 0.4) is 0 Å². The van der Waals surface area contributed by atoms with Gasteiger partial charge < -0.3 is 10.6 Å². The minimum atomic E-state index is -0.139. The predicted molar refractivity (Wildman–Crippen MR) is 117 cm³/mol. The van der Waals surface area contributed by atoms with E-state index in [1.807, 2.05) is 24.4 Å². The maximum absolute atomic E-state index is 4.68. The normalized spacial score (nSPS) is 11.5. The van der Waals surface area contributed by atoms with Gasteiger partial charge in [0.05, 0.1) is 5.69 Å². The van der Waals surface area contributed by atoms with Gasteiger partial charge in [-0.2, -0.15) is 4.98 Å². The summed E-state index contributed by atoms with van der Waals surface area (Å²) in [4.78, 5) is 13.6. The van der Waals surface area contributed by atoms with Crippen molar-refractivity contribution in [3.8, 4) is 11.3 Å². The number of anilines is 3. The summed E-state index contributed by atoms with van der Waals surface area (Å²) in [6, 6.07) is 12.3. The van der Waals surface area contributed by atoms with Crippen LogP contribution in [0.15, 0.2) is 48.8 Å². The summed E-state index contributed by atoms with van der Waals surface area (Å²) in [5.41, 5.74) is 5.29. The van der Waals surface area contributed by atoms with Gasteiger partial charge >= 0.3 is 0 Å². The lowest BCUT2D eigenvalue weighted by molar-refractivity contribution is 0.626. The number of nitrogens with one attached hydrogen (secondary N) is 2. The molecular weight excluding hydrogens is 346 g/mol. The van der Waals surface area contributed by atoms with E-state index < -0.39 is 0 Å².